The summed E-state index contributed by atoms with van der Waals surface area (Å²) in [6.45, 7) is 0. The summed E-state index contributed by atoms with van der Waals surface area (Å²) in [7, 11) is 1.50. The molecule has 0 radical (unpaired) electrons. The van der Waals surface area contributed by atoms with Crippen molar-refractivity contribution in [3.8, 4) is 5.75 Å². The van der Waals surface area contributed by atoms with Crippen LogP contribution in [0.25, 0.3) is 5.53 Å². The van der Waals surface area contributed by atoms with Gasteiger partial charge >= 0.3 is 6.21 Å². The molecule has 4 nitrogen and oxygen atoms in total. The first-order chi connectivity index (χ1) is 6.69. The summed E-state index contributed by atoms with van der Waals surface area (Å²) in [6, 6.07) is 4.62. The van der Waals surface area contributed by atoms with E-state index in [2.05, 4.69) is 4.79 Å². The number of ketones is 1. The first kappa shape index (κ1) is 10.4. The van der Waals surface area contributed by atoms with Gasteiger partial charge in [-0.15, -0.1) is 0 Å². The lowest BCUT2D eigenvalue weighted by atomic mass is 10.1. The van der Waals surface area contributed by atoms with E-state index in [9.17, 15) is 4.79 Å². The van der Waals surface area contributed by atoms with Crippen molar-refractivity contribution in [2.75, 3.05) is 7.11 Å². The Hall–Kier alpha value is -1.64. The van der Waals surface area contributed by atoms with Crippen molar-refractivity contribution in [2.45, 2.75) is 0 Å². The van der Waals surface area contributed by atoms with Gasteiger partial charge in [-0.3, -0.25) is 4.79 Å². The highest BCUT2D eigenvalue weighted by Crippen LogP contribution is 2.22. The smallest absolute Gasteiger partial charge is 0.328 e. The molecule has 1 aromatic carbocycles. The highest BCUT2D eigenvalue weighted by Gasteiger charge is 2.11. The highest BCUT2D eigenvalue weighted by molar-refractivity contribution is 6.41. The molecule has 0 N–H and O–H groups in total. The van der Waals surface area contributed by atoms with E-state index in [1.54, 1.807) is 6.07 Å². The van der Waals surface area contributed by atoms with Gasteiger partial charge in [-0.05, 0) is 18.2 Å². The second kappa shape index (κ2) is 4.56. The third-order valence-electron chi connectivity index (χ3n) is 1.62. The zero-order valence-corrected chi connectivity index (χ0v) is 8.15. The van der Waals surface area contributed by atoms with E-state index in [0.29, 0.717) is 5.75 Å². The summed E-state index contributed by atoms with van der Waals surface area (Å²) in [4.78, 5) is 13.9. The molecule has 1 aromatic rings. The summed E-state index contributed by atoms with van der Waals surface area (Å²) < 4.78 is 4.91. The normalized spacial score (nSPS) is 9.00. The number of carbonyl (C=O) groups excluding carboxylic acids is 1. The number of hydrogen-bond acceptors (Lipinski definition) is 2. The van der Waals surface area contributed by atoms with Crippen molar-refractivity contribution in [3.05, 3.63) is 34.3 Å². The lowest BCUT2D eigenvalue weighted by molar-refractivity contribution is 0.00235. The predicted molar refractivity (Wildman–Crippen MR) is 52.0 cm³/mol. The van der Waals surface area contributed by atoms with Crippen molar-refractivity contribution >= 4 is 23.6 Å². The molecule has 0 bridgehead atoms. The molecule has 0 fully saturated rings. The molecular weight excluding hydrogens is 204 g/mol. The van der Waals surface area contributed by atoms with Gasteiger partial charge in [0.25, 0.3) is 5.78 Å². The number of nitrogens with zero attached hydrogens (tertiary/aromatic N) is 2. The maximum atomic E-state index is 11.2. The van der Waals surface area contributed by atoms with Crippen LogP contribution in [0.1, 0.15) is 10.4 Å². The van der Waals surface area contributed by atoms with Crippen LogP contribution >= 0.6 is 11.6 Å². The predicted octanol–water partition coefficient (Wildman–Crippen LogP) is 1.83. The van der Waals surface area contributed by atoms with E-state index in [1.807, 2.05) is 0 Å². The van der Waals surface area contributed by atoms with Crippen LogP contribution < -0.4 is 4.74 Å². The van der Waals surface area contributed by atoms with Gasteiger partial charge in [-0.25, -0.2) is 0 Å². The summed E-state index contributed by atoms with van der Waals surface area (Å²) in [6.07, 6.45) is 0.785. The molecule has 0 saturated carbocycles. The standard InChI is InChI=1S/C9H7ClN2O2/c1-14-6-2-3-7(8(10)4-6)9(13)5-12-11/h2-5H,1H3. The van der Waals surface area contributed by atoms with Crippen LogP contribution in [0.4, 0.5) is 0 Å². The zero-order chi connectivity index (χ0) is 10.6. The third-order valence-corrected chi connectivity index (χ3v) is 1.93. The Labute approximate surface area is 85.7 Å². The highest BCUT2D eigenvalue weighted by atomic mass is 35.5. The van der Waals surface area contributed by atoms with Crippen molar-refractivity contribution in [1.29, 1.82) is 0 Å². The fourth-order valence-electron chi connectivity index (χ4n) is 0.945. The molecular formula is C9H7ClN2O2. The molecule has 0 heterocycles. The maximum Gasteiger partial charge on any atom is 0.328 e. The largest absolute Gasteiger partial charge is 0.497 e. The lowest BCUT2D eigenvalue weighted by Crippen LogP contribution is -2.01. The van der Waals surface area contributed by atoms with Crippen LogP contribution in [0.2, 0.25) is 5.02 Å². The Bertz CT molecular complexity index is 411. The van der Waals surface area contributed by atoms with E-state index in [4.69, 9.17) is 21.9 Å². The molecule has 0 amide bonds. The number of halogens is 1. The molecule has 1 rings (SSSR count). The SMILES string of the molecule is COc1ccc(C(=O)C=[N+]=[N-])c(Cl)c1. The third kappa shape index (κ3) is 2.19. The van der Waals surface area contributed by atoms with Crippen LogP contribution in [-0.4, -0.2) is 23.9 Å². The molecule has 0 atom stereocenters. The van der Waals surface area contributed by atoms with E-state index >= 15 is 0 Å². The van der Waals surface area contributed by atoms with E-state index in [1.165, 1.54) is 19.2 Å². The second-order valence-corrected chi connectivity index (χ2v) is 2.86. The van der Waals surface area contributed by atoms with Crippen LogP contribution in [0, 0.1) is 0 Å². The van der Waals surface area contributed by atoms with E-state index in [0.717, 1.165) is 6.21 Å². The molecule has 0 aromatic heterocycles. The number of hydrogen-bond donors (Lipinski definition) is 0. The summed E-state index contributed by atoms with van der Waals surface area (Å²) in [5, 5.41) is 0.259. The molecule has 5 heteroatoms. The average molecular weight is 211 g/mol. The van der Waals surface area contributed by atoms with Crippen molar-refractivity contribution < 1.29 is 14.3 Å². The fourth-order valence-corrected chi connectivity index (χ4v) is 1.21. The van der Waals surface area contributed by atoms with Crippen LogP contribution in [0.5, 0.6) is 5.75 Å². The van der Waals surface area contributed by atoms with Gasteiger partial charge in [0.05, 0.1) is 12.1 Å². The monoisotopic (exact) mass is 210 g/mol. The first-order valence-corrected chi connectivity index (χ1v) is 4.12. The number of carbonyl (C=O) groups is 1. The molecule has 14 heavy (non-hydrogen) atoms. The van der Waals surface area contributed by atoms with Gasteiger partial charge in [0, 0.05) is 5.56 Å². The second-order valence-electron chi connectivity index (χ2n) is 2.45. The van der Waals surface area contributed by atoms with Crippen LogP contribution in [0.3, 0.4) is 0 Å². The van der Waals surface area contributed by atoms with E-state index in [-0.39, 0.29) is 10.6 Å². The molecule has 0 spiro atoms. The molecule has 0 aliphatic rings. The van der Waals surface area contributed by atoms with E-state index < -0.39 is 5.78 Å². The summed E-state index contributed by atoms with van der Waals surface area (Å²) >= 11 is 5.79. The topological polar surface area (TPSA) is 62.7 Å². The number of benzene rings is 1. The molecule has 0 aliphatic heterocycles. The lowest BCUT2D eigenvalue weighted by Gasteiger charge is -2.01. The minimum absolute atomic E-state index is 0.259. The molecule has 0 saturated heterocycles. The Balaban J connectivity index is 3.11. The van der Waals surface area contributed by atoms with Gasteiger partial charge in [-0.2, -0.15) is 4.79 Å². The van der Waals surface area contributed by atoms with Crippen molar-refractivity contribution in [3.63, 3.8) is 0 Å². The zero-order valence-electron chi connectivity index (χ0n) is 7.40. The van der Waals surface area contributed by atoms with Gasteiger partial charge < -0.3 is 10.3 Å². The maximum absolute atomic E-state index is 11.2. The molecule has 72 valence electrons. The van der Waals surface area contributed by atoms with Gasteiger partial charge in [0.1, 0.15) is 5.75 Å². The van der Waals surface area contributed by atoms with Gasteiger partial charge in [0.15, 0.2) is 0 Å². The van der Waals surface area contributed by atoms with Crippen molar-refractivity contribution in [2.24, 2.45) is 0 Å². The first-order valence-electron chi connectivity index (χ1n) is 3.74. The van der Waals surface area contributed by atoms with Crippen LogP contribution in [0.15, 0.2) is 18.2 Å². The van der Waals surface area contributed by atoms with Crippen molar-refractivity contribution in [1.82, 2.24) is 0 Å². The Morgan fingerprint density at radius 3 is 2.86 bits per heavy atom. The average Bonchev–Trinajstić information content (AvgIpc) is 2.17. The number of methoxy groups -OCH3 is 1. The van der Waals surface area contributed by atoms with Gasteiger partial charge in [0.2, 0.25) is 0 Å². The van der Waals surface area contributed by atoms with Crippen LogP contribution in [-0.2, 0) is 0 Å². The Kier molecular flexibility index (Phi) is 3.40. The molecule has 0 unspecified atom stereocenters. The minimum Gasteiger partial charge on any atom is -0.497 e. The minimum atomic E-state index is -0.458. The van der Waals surface area contributed by atoms with Gasteiger partial charge in [-0.1, -0.05) is 11.6 Å². The number of ether oxygens (including phenoxy) is 1. The fraction of sp³-hybridized carbons (Fsp3) is 0.111. The number of Topliss-reactive ketones (excluding diaryl/α,β-unsaturated/α-hetero) is 1. The Morgan fingerprint density at radius 1 is 1.64 bits per heavy atom. The number of rotatable bonds is 3. The summed E-state index contributed by atoms with van der Waals surface area (Å²) in [5.74, 6) is 0.104. The Morgan fingerprint density at radius 2 is 2.36 bits per heavy atom. The summed E-state index contributed by atoms with van der Waals surface area (Å²) in [5.41, 5.74) is 8.44. The molecule has 0 aliphatic carbocycles. The quantitative estimate of drug-likeness (QED) is 0.331.